The van der Waals surface area contributed by atoms with Crippen molar-refractivity contribution in [2.24, 2.45) is 0 Å². The lowest BCUT2D eigenvalue weighted by Gasteiger charge is -2.31. The second-order valence-electron chi connectivity index (χ2n) is 5.85. The molecule has 0 aromatic heterocycles. The standard InChI is InChI=1S/C17H23BrFN3O3/c1-2-25-17(24)22-9-6-14(7-10-22)21-16(23)20-8-5-12-11-13(18)3-4-15(12)19/h3-4,11,14H,2,5-10H2,1H3,(H2,20,21,23). The van der Waals surface area contributed by atoms with Crippen LogP contribution in [0, 0.1) is 5.82 Å². The predicted molar refractivity (Wildman–Crippen MR) is 96.0 cm³/mol. The van der Waals surface area contributed by atoms with Crippen molar-refractivity contribution in [2.75, 3.05) is 26.2 Å². The van der Waals surface area contributed by atoms with Gasteiger partial charge in [0.15, 0.2) is 0 Å². The second-order valence-corrected chi connectivity index (χ2v) is 6.76. The molecule has 2 N–H and O–H groups in total. The molecular weight excluding hydrogens is 393 g/mol. The number of piperidine rings is 1. The fourth-order valence-corrected chi connectivity index (χ4v) is 3.11. The third kappa shape index (κ3) is 6.19. The SMILES string of the molecule is CCOC(=O)N1CCC(NC(=O)NCCc2cc(Br)ccc2F)CC1. The maximum atomic E-state index is 13.6. The number of likely N-dealkylation sites (tertiary alicyclic amines) is 1. The van der Waals surface area contributed by atoms with E-state index < -0.39 is 0 Å². The van der Waals surface area contributed by atoms with Gasteiger partial charge in [0.2, 0.25) is 0 Å². The maximum absolute atomic E-state index is 13.6. The molecule has 138 valence electrons. The fraction of sp³-hybridized carbons (Fsp3) is 0.529. The summed E-state index contributed by atoms with van der Waals surface area (Å²) in [7, 11) is 0. The monoisotopic (exact) mass is 415 g/mol. The van der Waals surface area contributed by atoms with Crippen LogP contribution in [0.2, 0.25) is 0 Å². The van der Waals surface area contributed by atoms with Crippen molar-refractivity contribution >= 4 is 28.1 Å². The lowest BCUT2D eigenvalue weighted by atomic mass is 10.1. The average molecular weight is 416 g/mol. The largest absolute Gasteiger partial charge is 0.450 e. The van der Waals surface area contributed by atoms with Gasteiger partial charge >= 0.3 is 12.1 Å². The molecule has 1 heterocycles. The molecule has 1 aliphatic rings. The third-order valence-corrected chi connectivity index (χ3v) is 4.54. The first-order valence-corrected chi connectivity index (χ1v) is 9.19. The summed E-state index contributed by atoms with van der Waals surface area (Å²) in [5, 5.41) is 5.63. The van der Waals surface area contributed by atoms with E-state index in [2.05, 4.69) is 26.6 Å². The van der Waals surface area contributed by atoms with Gasteiger partial charge in [-0.05, 0) is 49.9 Å². The summed E-state index contributed by atoms with van der Waals surface area (Å²) in [4.78, 5) is 25.2. The summed E-state index contributed by atoms with van der Waals surface area (Å²) in [6.45, 7) is 3.61. The molecule has 0 aliphatic carbocycles. The lowest BCUT2D eigenvalue weighted by molar-refractivity contribution is 0.0957. The van der Waals surface area contributed by atoms with E-state index in [0.29, 0.717) is 51.1 Å². The third-order valence-electron chi connectivity index (χ3n) is 4.04. The molecule has 1 saturated heterocycles. The quantitative estimate of drug-likeness (QED) is 0.775. The lowest BCUT2D eigenvalue weighted by Crippen LogP contribution is -2.49. The van der Waals surface area contributed by atoms with E-state index in [1.807, 2.05) is 0 Å². The molecule has 2 rings (SSSR count). The van der Waals surface area contributed by atoms with Crippen LogP contribution in [0.3, 0.4) is 0 Å². The molecule has 25 heavy (non-hydrogen) atoms. The molecule has 6 nitrogen and oxygen atoms in total. The zero-order valence-electron chi connectivity index (χ0n) is 14.2. The Bertz CT molecular complexity index is 607. The van der Waals surface area contributed by atoms with Gasteiger partial charge in [0.1, 0.15) is 5.82 Å². The summed E-state index contributed by atoms with van der Waals surface area (Å²) in [5.74, 6) is -0.281. The normalized spacial score (nSPS) is 14.9. The van der Waals surface area contributed by atoms with Gasteiger partial charge in [-0.25, -0.2) is 14.0 Å². The summed E-state index contributed by atoms with van der Waals surface area (Å²) >= 11 is 3.30. The van der Waals surface area contributed by atoms with Crippen LogP contribution in [0.25, 0.3) is 0 Å². The van der Waals surface area contributed by atoms with Crippen molar-refractivity contribution in [3.63, 3.8) is 0 Å². The number of urea groups is 1. The van der Waals surface area contributed by atoms with Crippen molar-refractivity contribution < 1.29 is 18.7 Å². The van der Waals surface area contributed by atoms with Crippen molar-refractivity contribution in [2.45, 2.75) is 32.2 Å². The van der Waals surface area contributed by atoms with E-state index in [0.717, 1.165) is 4.47 Å². The van der Waals surface area contributed by atoms with Gasteiger partial charge in [0.25, 0.3) is 0 Å². The van der Waals surface area contributed by atoms with E-state index in [9.17, 15) is 14.0 Å². The molecule has 0 atom stereocenters. The topological polar surface area (TPSA) is 70.7 Å². The first-order valence-electron chi connectivity index (χ1n) is 8.39. The van der Waals surface area contributed by atoms with Crippen molar-refractivity contribution in [1.82, 2.24) is 15.5 Å². The van der Waals surface area contributed by atoms with Gasteiger partial charge in [-0.15, -0.1) is 0 Å². The number of carbonyl (C=O) groups is 2. The van der Waals surface area contributed by atoms with E-state index in [1.54, 1.807) is 24.0 Å². The van der Waals surface area contributed by atoms with E-state index in [4.69, 9.17) is 4.74 Å². The van der Waals surface area contributed by atoms with Gasteiger partial charge < -0.3 is 20.3 Å². The number of halogens is 2. The fourth-order valence-electron chi connectivity index (χ4n) is 2.70. The highest BCUT2D eigenvalue weighted by atomic mass is 79.9. The molecule has 0 spiro atoms. The molecule has 0 radical (unpaired) electrons. The molecule has 1 fully saturated rings. The van der Waals surface area contributed by atoms with Crippen molar-refractivity contribution in [3.8, 4) is 0 Å². The van der Waals surface area contributed by atoms with Crippen LogP contribution >= 0.6 is 15.9 Å². The Hall–Kier alpha value is -1.83. The van der Waals surface area contributed by atoms with E-state index in [-0.39, 0.29) is 24.0 Å². The summed E-state index contributed by atoms with van der Waals surface area (Å²) in [6, 6.07) is 4.50. The van der Waals surface area contributed by atoms with Gasteiger partial charge in [-0.3, -0.25) is 0 Å². The Balaban J connectivity index is 1.67. The van der Waals surface area contributed by atoms with Gasteiger partial charge in [-0.1, -0.05) is 15.9 Å². The maximum Gasteiger partial charge on any atom is 0.409 e. The number of hydrogen-bond donors (Lipinski definition) is 2. The smallest absolute Gasteiger partial charge is 0.409 e. The molecule has 1 aliphatic heterocycles. The number of hydrogen-bond acceptors (Lipinski definition) is 3. The Labute approximate surface area is 155 Å². The zero-order chi connectivity index (χ0) is 18.2. The number of nitrogens with one attached hydrogen (secondary N) is 2. The van der Waals surface area contributed by atoms with Crippen molar-refractivity contribution in [1.29, 1.82) is 0 Å². The summed E-state index contributed by atoms with van der Waals surface area (Å²) < 4.78 is 19.4. The number of nitrogens with zero attached hydrogens (tertiary/aromatic N) is 1. The van der Waals surface area contributed by atoms with Crippen LogP contribution in [-0.2, 0) is 11.2 Å². The Morgan fingerprint density at radius 1 is 1.36 bits per heavy atom. The molecular formula is C17H23BrFN3O3. The molecule has 0 bridgehead atoms. The molecule has 1 aromatic rings. The van der Waals surface area contributed by atoms with E-state index >= 15 is 0 Å². The minimum atomic E-state index is -0.304. The molecule has 3 amide bonds. The van der Waals surface area contributed by atoms with E-state index in [1.165, 1.54) is 6.07 Å². The van der Waals surface area contributed by atoms with Crippen LogP contribution in [-0.4, -0.2) is 49.3 Å². The predicted octanol–water partition coefficient (Wildman–Crippen LogP) is 3.05. The average Bonchev–Trinajstić information content (AvgIpc) is 2.59. The highest BCUT2D eigenvalue weighted by molar-refractivity contribution is 9.10. The van der Waals surface area contributed by atoms with Crippen LogP contribution in [0.5, 0.6) is 0 Å². The molecule has 0 saturated carbocycles. The highest BCUT2D eigenvalue weighted by Crippen LogP contribution is 2.15. The summed E-state index contributed by atoms with van der Waals surface area (Å²) in [6.07, 6.45) is 1.49. The zero-order valence-corrected chi connectivity index (χ0v) is 15.8. The number of carbonyl (C=O) groups excluding carboxylic acids is 2. The number of amides is 3. The van der Waals surface area contributed by atoms with Crippen LogP contribution in [0.15, 0.2) is 22.7 Å². The Morgan fingerprint density at radius 2 is 2.08 bits per heavy atom. The number of rotatable bonds is 5. The second kappa shape index (κ2) is 9.60. The Morgan fingerprint density at radius 3 is 2.76 bits per heavy atom. The first kappa shape index (κ1) is 19.5. The minimum Gasteiger partial charge on any atom is -0.450 e. The molecule has 8 heteroatoms. The highest BCUT2D eigenvalue weighted by Gasteiger charge is 2.24. The summed E-state index contributed by atoms with van der Waals surface area (Å²) in [5.41, 5.74) is 0.553. The van der Waals surface area contributed by atoms with Crippen LogP contribution in [0.1, 0.15) is 25.3 Å². The van der Waals surface area contributed by atoms with Gasteiger partial charge in [-0.2, -0.15) is 0 Å². The van der Waals surface area contributed by atoms with Gasteiger partial charge in [0, 0.05) is 30.1 Å². The van der Waals surface area contributed by atoms with Crippen LogP contribution in [0.4, 0.5) is 14.0 Å². The number of benzene rings is 1. The molecule has 1 aromatic carbocycles. The first-order chi connectivity index (χ1) is 12.0. The van der Waals surface area contributed by atoms with Crippen LogP contribution < -0.4 is 10.6 Å². The minimum absolute atomic E-state index is 0.0216. The van der Waals surface area contributed by atoms with Crippen molar-refractivity contribution in [3.05, 3.63) is 34.1 Å². The van der Waals surface area contributed by atoms with Gasteiger partial charge in [0.05, 0.1) is 6.61 Å². The number of ether oxygens (including phenoxy) is 1. The Kier molecular flexibility index (Phi) is 7.49. The molecule has 0 unspecified atom stereocenters.